The number of aromatic nitrogens is 1. The summed E-state index contributed by atoms with van der Waals surface area (Å²) in [5, 5.41) is 13.9. The number of thiazole rings is 1. The summed E-state index contributed by atoms with van der Waals surface area (Å²) in [4.78, 5) is 17.3. The molecule has 23 heavy (non-hydrogen) atoms. The van der Waals surface area contributed by atoms with Crippen molar-refractivity contribution in [2.24, 2.45) is 0 Å². The highest BCUT2D eigenvalue weighted by Crippen LogP contribution is 2.24. The fourth-order valence-electron chi connectivity index (χ4n) is 2.09. The molecule has 0 aliphatic carbocycles. The van der Waals surface area contributed by atoms with Gasteiger partial charge in [-0.05, 0) is 24.6 Å². The van der Waals surface area contributed by atoms with Gasteiger partial charge >= 0.3 is 0 Å². The van der Waals surface area contributed by atoms with Crippen LogP contribution in [0.1, 0.15) is 51.8 Å². The van der Waals surface area contributed by atoms with Crippen LogP contribution < -0.4 is 10.1 Å². The van der Waals surface area contributed by atoms with Gasteiger partial charge in [-0.25, -0.2) is 4.98 Å². The Hall–Kier alpha value is -1.92. The minimum atomic E-state index is -0.761. The zero-order valence-corrected chi connectivity index (χ0v) is 14.6. The molecule has 2 N–H and O–H groups in total. The number of carbonyl (C=O) groups excluding carboxylic acids is 1. The van der Waals surface area contributed by atoms with Crippen LogP contribution in [0.2, 0.25) is 0 Å². The van der Waals surface area contributed by atoms with Gasteiger partial charge in [0.15, 0.2) is 0 Å². The maximum atomic E-state index is 12.3. The number of hydrogen-bond donors (Lipinski definition) is 2. The molecule has 0 radical (unpaired) electrons. The molecule has 1 atom stereocenters. The van der Waals surface area contributed by atoms with Crippen molar-refractivity contribution < 1.29 is 14.6 Å². The lowest BCUT2D eigenvalue weighted by atomic mass is 10.1. The molecule has 0 unspecified atom stereocenters. The number of benzene rings is 1. The Labute approximate surface area is 140 Å². The molecule has 124 valence electrons. The number of aliphatic hydroxyl groups excluding tert-OH is 1. The van der Waals surface area contributed by atoms with Crippen molar-refractivity contribution in [1.82, 2.24) is 10.3 Å². The standard InChI is InChI=1S/C17H22N2O3S/c1-10(2)17-19-11(3)15(23-17)16(21)18-9-14(20)12-5-7-13(22-4)8-6-12/h5-8,10,14,20H,9H2,1-4H3,(H,18,21)/t14-/m0/s1. The van der Waals surface area contributed by atoms with Crippen LogP contribution in [-0.4, -0.2) is 29.7 Å². The number of amides is 1. The van der Waals surface area contributed by atoms with E-state index in [1.165, 1.54) is 11.3 Å². The van der Waals surface area contributed by atoms with E-state index in [0.29, 0.717) is 10.8 Å². The van der Waals surface area contributed by atoms with Gasteiger partial charge in [-0.1, -0.05) is 26.0 Å². The lowest BCUT2D eigenvalue weighted by Gasteiger charge is -2.12. The van der Waals surface area contributed by atoms with Crippen LogP contribution in [0.25, 0.3) is 0 Å². The summed E-state index contributed by atoms with van der Waals surface area (Å²) in [6.45, 7) is 6.08. The first-order valence-corrected chi connectivity index (χ1v) is 8.31. The molecule has 1 aromatic carbocycles. The fraction of sp³-hybridized carbons (Fsp3) is 0.412. The first-order chi connectivity index (χ1) is 10.9. The zero-order chi connectivity index (χ0) is 17.0. The molecule has 0 bridgehead atoms. The SMILES string of the molecule is COc1ccc([C@@H](O)CNC(=O)c2sc(C(C)C)nc2C)cc1. The average molecular weight is 334 g/mol. The second-order valence-corrected chi connectivity index (χ2v) is 6.65. The largest absolute Gasteiger partial charge is 0.497 e. The molecule has 0 aliphatic rings. The number of methoxy groups -OCH3 is 1. The summed E-state index contributed by atoms with van der Waals surface area (Å²) in [5.74, 6) is 0.830. The number of aliphatic hydroxyl groups is 1. The minimum absolute atomic E-state index is 0.152. The first kappa shape index (κ1) is 17.4. The number of nitrogens with one attached hydrogen (secondary N) is 1. The number of rotatable bonds is 6. The van der Waals surface area contributed by atoms with E-state index in [9.17, 15) is 9.90 Å². The van der Waals surface area contributed by atoms with Crippen LogP contribution in [0.4, 0.5) is 0 Å². The van der Waals surface area contributed by atoms with E-state index in [2.05, 4.69) is 10.3 Å². The Balaban J connectivity index is 1.97. The predicted octanol–water partition coefficient (Wildman–Crippen LogP) is 3.05. The van der Waals surface area contributed by atoms with E-state index < -0.39 is 6.10 Å². The molecule has 0 fully saturated rings. The molecule has 0 aliphatic heterocycles. The average Bonchev–Trinajstić information content (AvgIpc) is 2.94. The molecule has 1 amide bonds. The van der Waals surface area contributed by atoms with Crippen LogP contribution in [0, 0.1) is 6.92 Å². The van der Waals surface area contributed by atoms with E-state index in [-0.39, 0.29) is 12.5 Å². The first-order valence-electron chi connectivity index (χ1n) is 7.50. The van der Waals surface area contributed by atoms with Gasteiger partial charge in [-0.2, -0.15) is 0 Å². The van der Waals surface area contributed by atoms with Crippen molar-refractivity contribution in [3.63, 3.8) is 0 Å². The quantitative estimate of drug-likeness (QED) is 0.852. The van der Waals surface area contributed by atoms with Crippen LogP contribution in [-0.2, 0) is 0 Å². The monoisotopic (exact) mass is 334 g/mol. The highest BCUT2D eigenvalue weighted by molar-refractivity contribution is 7.13. The second-order valence-electron chi connectivity index (χ2n) is 5.62. The Morgan fingerprint density at radius 2 is 2.00 bits per heavy atom. The van der Waals surface area contributed by atoms with E-state index in [4.69, 9.17) is 4.74 Å². The lowest BCUT2D eigenvalue weighted by molar-refractivity contribution is 0.0919. The van der Waals surface area contributed by atoms with Gasteiger partial charge in [0.05, 0.1) is 23.9 Å². The Kier molecular flexibility index (Phi) is 5.74. The number of aryl methyl sites for hydroxylation is 1. The maximum Gasteiger partial charge on any atom is 0.263 e. The number of carbonyl (C=O) groups is 1. The summed E-state index contributed by atoms with van der Waals surface area (Å²) in [6, 6.07) is 7.13. The number of nitrogens with zero attached hydrogens (tertiary/aromatic N) is 1. The van der Waals surface area contributed by atoms with Crippen molar-refractivity contribution in [3.05, 3.63) is 45.4 Å². The highest BCUT2D eigenvalue weighted by atomic mass is 32.1. The lowest BCUT2D eigenvalue weighted by Crippen LogP contribution is -2.28. The van der Waals surface area contributed by atoms with Crippen molar-refractivity contribution in [2.45, 2.75) is 32.8 Å². The minimum Gasteiger partial charge on any atom is -0.497 e. The molecule has 2 aromatic rings. The molecule has 0 saturated heterocycles. The topological polar surface area (TPSA) is 71.5 Å². The highest BCUT2D eigenvalue weighted by Gasteiger charge is 2.18. The van der Waals surface area contributed by atoms with Crippen molar-refractivity contribution in [2.75, 3.05) is 13.7 Å². The van der Waals surface area contributed by atoms with Gasteiger partial charge in [-0.15, -0.1) is 11.3 Å². The third kappa shape index (κ3) is 4.30. The summed E-state index contributed by atoms with van der Waals surface area (Å²) in [5.41, 5.74) is 1.46. The van der Waals surface area contributed by atoms with E-state index in [1.807, 2.05) is 20.8 Å². The zero-order valence-electron chi connectivity index (χ0n) is 13.8. The van der Waals surface area contributed by atoms with Crippen molar-refractivity contribution >= 4 is 17.2 Å². The molecule has 0 saturated carbocycles. The van der Waals surface area contributed by atoms with E-state index in [0.717, 1.165) is 22.0 Å². The third-order valence-electron chi connectivity index (χ3n) is 3.47. The molecule has 6 heteroatoms. The number of ether oxygens (including phenoxy) is 1. The molecular weight excluding hydrogens is 312 g/mol. The molecule has 1 heterocycles. The van der Waals surface area contributed by atoms with Crippen LogP contribution in [0.3, 0.4) is 0 Å². The smallest absolute Gasteiger partial charge is 0.263 e. The van der Waals surface area contributed by atoms with Gasteiger partial charge in [0.1, 0.15) is 10.6 Å². The summed E-state index contributed by atoms with van der Waals surface area (Å²) < 4.78 is 5.08. The molecule has 2 rings (SSSR count). The molecular formula is C17H22N2O3S. The predicted molar refractivity (Wildman–Crippen MR) is 91.2 cm³/mol. The van der Waals surface area contributed by atoms with E-state index in [1.54, 1.807) is 31.4 Å². The normalized spacial score (nSPS) is 12.3. The van der Waals surface area contributed by atoms with Gasteiger partial charge in [-0.3, -0.25) is 4.79 Å². The summed E-state index contributed by atoms with van der Waals surface area (Å²) in [6.07, 6.45) is -0.761. The van der Waals surface area contributed by atoms with Gasteiger partial charge in [0, 0.05) is 12.5 Å². The fourth-order valence-corrected chi connectivity index (χ4v) is 3.07. The molecule has 0 spiro atoms. The summed E-state index contributed by atoms with van der Waals surface area (Å²) in [7, 11) is 1.59. The number of hydrogen-bond acceptors (Lipinski definition) is 5. The van der Waals surface area contributed by atoms with Crippen molar-refractivity contribution in [1.29, 1.82) is 0 Å². The Morgan fingerprint density at radius 3 is 2.52 bits per heavy atom. The second kappa shape index (κ2) is 7.57. The van der Waals surface area contributed by atoms with Gasteiger partial charge in [0.25, 0.3) is 5.91 Å². The Bertz CT molecular complexity index is 665. The Morgan fingerprint density at radius 1 is 1.35 bits per heavy atom. The van der Waals surface area contributed by atoms with Crippen LogP contribution in [0.15, 0.2) is 24.3 Å². The van der Waals surface area contributed by atoms with Gasteiger partial charge in [0.2, 0.25) is 0 Å². The van der Waals surface area contributed by atoms with Crippen LogP contribution in [0.5, 0.6) is 5.75 Å². The van der Waals surface area contributed by atoms with Crippen molar-refractivity contribution in [3.8, 4) is 5.75 Å². The van der Waals surface area contributed by atoms with Crippen LogP contribution >= 0.6 is 11.3 Å². The van der Waals surface area contributed by atoms with Gasteiger partial charge < -0.3 is 15.2 Å². The summed E-state index contributed by atoms with van der Waals surface area (Å²) >= 11 is 1.41. The maximum absolute atomic E-state index is 12.3. The molecule has 1 aromatic heterocycles. The third-order valence-corrected chi connectivity index (χ3v) is 4.93. The molecule has 5 nitrogen and oxygen atoms in total. The van der Waals surface area contributed by atoms with E-state index >= 15 is 0 Å².